The molecular weight excluding hydrogens is 428 g/mol. The van der Waals surface area contributed by atoms with Gasteiger partial charge in [-0.05, 0) is 28.8 Å². The van der Waals surface area contributed by atoms with Crippen molar-refractivity contribution in [1.82, 2.24) is 9.13 Å². The Hall–Kier alpha value is -3.90. The number of rotatable bonds is 6. The van der Waals surface area contributed by atoms with Gasteiger partial charge in [-0.1, -0.05) is 78.3 Å². The minimum absolute atomic E-state index is 0.157. The van der Waals surface area contributed by atoms with Gasteiger partial charge in [-0.25, -0.2) is 14.2 Å². The molecule has 7 heteroatoms. The van der Waals surface area contributed by atoms with Gasteiger partial charge in [-0.2, -0.15) is 0 Å². The van der Waals surface area contributed by atoms with Crippen molar-refractivity contribution in [2.24, 2.45) is 0 Å². The molecule has 0 aliphatic carbocycles. The van der Waals surface area contributed by atoms with E-state index in [1.807, 2.05) is 60.7 Å². The third-order valence-electron chi connectivity index (χ3n) is 4.89. The number of esters is 1. The Bertz CT molecular complexity index is 1360. The Balaban J connectivity index is 1.51. The maximum atomic E-state index is 12.7. The smallest absolute Gasteiger partial charge is 0.331 e. The van der Waals surface area contributed by atoms with Gasteiger partial charge < -0.3 is 4.74 Å². The van der Waals surface area contributed by atoms with Crippen LogP contribution >= 0.6 is 11.6 Å². The molecule has 3 aromatic carbocycles. The summed E-state index contributed by atoms with van der Waals surface area (Å²) >= 11 is 6.29. The highest BCUT2D eigenvalue weighted by Crippen LogP contribution is 2.30. The van der Waals surface area contributed by atoms with Crippen LogP contribution in [-0.4, -0.2) is 15.1 Å². The number of carbonyl (C=O) groups excluding carboxylic acids is 1. The van der Waals surface area contributed by atoms with E-state index in [0.29, 0.717) is 0 Å². The minimum atomic E-state index is -0.768. The van der Waals surface area contributed by atoms with Crippen LogP contribution in [0.25, 0.3) is 11.1 Å². The summed E-state index contributed by atoms with van der Waals surface area (Å²) in [6.45, 7) is -0.244. The lowest BCUT2D eigenvalue weighted by Gasteiger charge is -2.11. The van der Waals surface area contributed by atoms with Gasteiger partial charge in [0.15, 0.2) is 0 Å². The molecule has 0 unspecified atom stereocenters. The Labute approximate surface area is 188 Å². The zero-order valence-corrected chi connectivity index (χ0v) is 17.7. The van der Waals surface area contributed by atoms with Crippen molar-refractivity contribution in [2.75, 3.05) is 0 Å². The first-order valence-electron chi connectivity index (χ1n) is 9.91. The molecule has 0 aliphatic rings. The zero-order chi connectivity index (χ0) is 22.5. The van der Waals surface area contributed by atoms with Crippen molar-refractivity contribution >= 4 is 17.6 Å². The van der Waals surface area contributed by atoms with Gasteiger partial charge in [-0.15, -0.1) is 0 Å². The molecule has 0 aliphatic heterocycles. The maximum absolute atomic E-state index is 12.7. The molecule has 32 heavy (non-hydrogen) atoms. The molecule has 0 saturated heterocycles. The van der Waals surface area contributed by atoms with Gasteiger partial charge in [0.05, 0.1) is 11.6 Å². The van der Waals surface area contributed by atoms with Crippen LogP contribution < -0.4 is 16.0 Å². The summed E-state index contributed by atoms with van der Waals surface area (Å²) in [6, 6.07) is 25.3. The second kappa shape index (κ2) is 9.49. The lowest BCUT2D eigenvalue weighted by atomic mass is 10.1. The van der Waals surface area contributed by atoms with Crippen molar-refractivity contribution in [3.8, 4) is 16.9 Å². The van der Waals surface area contributed by atoms with Crippen LogP contribution in [-0.2, 0) is 17.9 Å². The van der Waals surface area contributed by atoms with Crippen LogP contribution in [0.2, 0.25) is 5.02 Å². The maximum Gasteiger partial charge on any atom is 0.331 e. The predicted molar refractivity (Wildman–Crippen MR) is 123 cm³/mol. The number of ether oxygens (including phenoxy) is 1. The molecular formula is C25H19ClN2O4. The van der Waals surface area contributed by atoms with Gasteiger partial charge in [0, 0.05) is 12.3 Å². The van der Waals surface area contributed by atoms with E-state index < -0.39 is 23.8 Å². The molecule has 0 spiro atoms. The molecule has 4 rings (SSSR count). The van der Waals surface area contributed by atoms with Gasteiger partial charge >= 0.3 is 11.7 Å². The quantitative estimate of drug-likeness (QED) is 0.332. The van der Waals surface area contributed by atoms with Crippen molar-refractivity contribution in [1.29, 1.82) is 0 Å². The van der Waals surface area contributed by atoms with E-state index in [2.05, 4.69) is 0 Å². The summed E-state index contributed by atoms with van der Waals surface area (Å²) in [5.74, 6) is -0.610. The predicted octanol–water partition coefficient (Wildman–Crippen LogP) is 3.98. The van der Waals surface area contributed by atoms with Gasteiger partial charge in [0.25, 0.3) is 5.56 Å². The lowest BCUT2D eigenvalue weighted by Crippen LogP contribution is -2.41. The molecule has 0 fully saturated rings. The highest BCUT2D eigenvalue weighted by molar-refractivity contribution is 6.32. The summed E-state index contributed by atoms with van der Waals surface area (Å²) in [7, 11) is 0. The van der Waals surface area contributed by atoms with E-state index in [-0.39, 0.29) is 17.3 Å². The SMILES string of the molecule is O=C(Cn1c(=O)ccn(Cc2ccccc2)c1=O)Oc1ccc(-c2ccccc2)cc1Cl. The van der Waals surface area contributed by atoms with Crippen molar-refractivity contribution in [3.05, 3.63) is 123 Å². The van der Waals surface area contributed by atoms with Crippen LogP contribution in [0.1, 0.15) is 5.56 Å². The van der Waals surface area contributed by atoms with Crippen LogP contribution in [0.15, 0.2) is 101 Å². The van der Waals surface area contributed by atoms with Gasteiger partial charge in [0.1, 0.15) is 12.3 Å². The summed E-state index contributed by atoms with van der Waals surface area (Å²) in [5, 5.41) is 0.251. The Morgan fingerprint density at radius 2 is 1.53 bits per heavy atom. The first kappa shape index (κ1) is 21.3. The van der Waals surface area contributed by atoms with Gasteiger partial charge in [-0.3, -0.25) is 9.36 Å². The van der Waals surface area contributed by atoms with E-state index in [1.54, 1.807) is 18.2 Å². The summed E-state index contributed by atoms with van der Waals surface area (Å²) in [5.41, 5.74) is 1.57. The third kappa shape index (κ3) is 4.87. The lowest BCUT2D eigenvalue weighted by molar-refractivity contribution is -0.135. The van der Waals surface area contributed by atoms with Crippen molar-refractivity contribution in [2.45, 2.75) is 13.1 Å². The van der Waals surface area contributed by atoms with E-state index >= 15 is 0 Å². The molecule has 6 nitrogen and oxygen atoms in total. The fourth-order valence-corrected chi connectivity index (χ4v) is 3.50. The number of benzene rings is 3. The summed E-state index contributed by atoms with van der Waals surface area (Å²) in [4.78, 5) is 37.4. The fraction of sp³-hybridized carbons (Fsp3) is 0.0800. The van der Waals surface area contributed by atoms with Crippen LogP contribution in [0.3, 0.4) is 0 Å². The average molecular weight is 447 g/mol. The highest BCUT2D eigenvalue weighted by Gasteiger charge is 2.14. The minimum Gasteiger partial charge on any atom is -0.424 e. The summed E-state index contributed by atoms with van der Waals surface area (Å²) in [6.07, 6.45) is 1.42. The van der Waals surface area contributed by atoms with E-state index in [9.17, 15) is 14.4 Å². The molecule has 1 aromatic heterocycles. The second-order valence-electron chi connectivity index (χ2n) is 7.12. The van der Waals surface area contributed by atoms with E-state index in [1.165, 1.54) is 16.8 Å². The Kier molecular flexibility index (Phi) is 6.33. The fourth-order valence-electron chi connectivity index (χ4n) is 3.28. The standard InChI is InChI=1S/C25H19ClN2O4/c26-21-15-20(19-9-5-2-6-10-19)11-12-22(21)32-24(30)17-28-23(29)13-14-27(25(28)31)16-18-7-3-1-4-8-18/h1-15H,16-17H2. The average Bonchev–Trinajstić information content (AvgIpc) is 2.81. The Morgan fingerprint density at radius 1 is 0.844 bits per heavy atom. The molecule has 0 radical (unpaired) electrons. The molecule has 0 N–H and O–H groups in total. The van der Waals surface area contributed by atoms with E-state index in [4.69, 9.17) is 16.3 Å². The zero-order valence-electron chi connectivity index (χ0n) is 17.0. The van der Waals surface area contributed by atoms with Gasteiger partial charge in [0.2, 0.25) is 0 Å². The molecule has 0 bridgehead atoms. The molecule has 160 valence electrons. The molecule has 0 amide bonds. The largest absolute Gasteiger partial charge is 0.424 e. The number of halogens is 1. The molecule has 0 atom stereocenters. The third-order valence-corrected chi connectivity index (χ3v) is 5.18. The van der Waals surface area contributed by atoms with Crippen LogP contribution in [0, 0.1) is 0 Å². The molecule has 4 aromatic rings. The molecule has 0 saturated carbocycles. The summed E-state index contributed by atoms with van der Waals surface area (Å²) < 4.78 is 7.54. The first-order chi connectivity index (χ1) is 15.5. The topological polar surface area (TPSA) is 70.3 Å². The number of aromatic nitrogens is 2. The first-order valence-corrected chi connectivity index (χ1v) is 10.3. The van der Waals surface area contributed by atoms with E-state index in [0.717, 1.165) is 21.3 Å². The monoisotopic (exact) mass is 446 g/mol. The Morgan fingerprint density at radius 3 is 2.22 bits per heavy atom. The van der Waals surface area contributed by atoms with Crippen molar-refractivity contribution in [3.63, 3.8) is 0 Å². The normalized spacial score (nSPS) is 10.7. The second-order valence-corrected chi connectivity index (χ2v) is 7.53. The highest BCUT2D eigenvalue weighted by atomic mass is 35.5. The van der Waals surface area contributed by atoms with Crippen LogP contribution in [0.5, 0.6) is 5.75 Å². The number of carbonyl (C=O) groups is 1. The molecule has 1 heterocycles. The number of nitrogens with zero attached hydrogens (tertiary/aromatic N) is 2. The van der Waals surface area contributed by atoms with Crippen molar-refractivity contribution < 1.29 is 9.53 Å². The number of hydrogen-bond acceptors (Lipinski definition) is 4. The number of hydrogen-bond donors (Lipinski definition) is 0. The van der Waals surface area contributed by atoms with Crippen LogP contribution in [0.4, 0.5) is 0 Å².